The molecule has 0 bridgehead atoms. The molecule has 160 valence electrons. The Balaban J connectivity index is 1.39. The second-order valence-corrected chi connectivity index (χ2v) is 8.80. The molecule has 1 saturated heterocycles. The number of pyridine rings is 1. The summed E-state index contributed by atoms with van der Waals surface area (Å²) in [5.74, 6) is -0.0869. The van der Waals surface area contributed by atoms with Gasteiger partial charge in [-0.2, -0.15) is 0 Å². The van der Waals surface area contributed by atoms with Gasteiger partial charge in [-0.25, -0.2) is 4.98 Å². The molecule has 2 unspecified atom stereocenters. The number of nitrogens with zero attached hydrogens (tertiary/aromatic N) is 3. The summed E-state index contributed by atoms with van der Waals surface area (Å²) in [5, 5.41) is 5.78. The van der Waals surface area contributed by atoms with Gasteiger partial charge in [-0.3, -0.25) is 14.6 Å². The van der Waals surface area contributed by atoms with Crippen LogP contribution in [0, 0.1) is 5.92 Å². The number of benzene rings is 1. The molecule has 0 aliphatic carbocycles. The molecule has 0 saturated carbocycles. The second-order valence-electron chi connectivity index (χ2n) is 7.85. The molecule has 1 N–H and O–H groups in total. The highest BCUT2D eigenvalue weighted by Crippen LogP contribution is 2.33. The summed E-state index contributed by atoms with van der Waals surface area (Å²) in [6.07, 6.45) is 4.70. The predicted octanol–water partition coefficient (Wildman–Crippen LogP) is 4.39. The molecular formula is C24H26N4O2S. The van der Waals surface area contributed by atoms with Gasteiger partial charge >= 0.3 is 0 Å². The van der Waals surface area contributed by atoms with E-state index in [4.69, 9.17) is 0 Å². The first kappa shape index (κ1) is 21.2. The largest absolute Gasteiger partial charge is 0.349 e. The van der Waals surface area contributed by atoms with Crippen LogP contribution < -0.4 is 10.2 Å². The maximum absolute atomic E-state index is 12.8. The maximum atomic E-state index is 12.8. The first-order valence-corrected chi connectivity index (χ1v) is 11.5. The van der Waals surface area contributed by atoms with E-state index in [1.54, 1.807) is 17.3 Å². The zero-order valence-corrected chi connectivity index (χ0v) is 18.6. The fraction of sp³-hybridized carbons (Fsp3) is 0.333. The van der Waals surface area contributed by atoms with Crippen molar-refractivity contribution < 1.29 is 9.59 Å². The average Bonchev–Trinajstić information content (AvgIpc) is 3.44. The number of nitrogens with one attached hydrogen (secondary N) is 1. The number of hydrogen-bond acceptors (Lipinski definition) is 5. The van der Waals surface area contributed by atoms with E-state index in [0.717, 1.165) is 33.9 Å². The highest BCUT2D eigenvalue weighted by molar-refractivity contribution is 7.09. The van der Waals surface area contributed by atoms with Crippen molar-refractivity contribution in [1.29, 1.82) is 0 Å². The van der Waals surface area contributed by atoms with Crippen LogP contribution in [-0.4, -0.2) is 28.3 Å². The Bertz CT molecular complexity index is 1070. The minimum Gasteiger partial charge on any atom is -0.349 e. The van der Waals surface area contributed by atoms with Crippen LogP contribution in [-0.2, 0) is 16.1 Å². The summed E-state index contributed by atoms with van der Waals surface area (Å²) in [4.78, 5) is 35.9. The molecular weight excluding hydrogens is 408 g/mol. The summed E-state index contributed by atoms with van der Waals surface area (Å²) >= 11 is 1.51. The highest BCUT2D eigenvalue weighted by Gasteiger charge is 2.36. The summed E-state index contributed by atoms with van der Waals surface area (Å²) < 4.78 is 0. The molecule has 2 atom stereocenters. The Hall–Kier alpha value is -3.06. The number of carbonyl (C=O) groups excluding carboxylic acids is 2. The average molecular weight is 435 g/mol. The summed E-state index contributed by atoms with van der Waals surface area (Å²) in [5.41, 5.74) is 3.96. The quantitative estimate of drug-likeness (QED) is 0.598. The lowest BCUT2D eigenvalue weighted by Crippen LogP contribution is -2.32. The smallest absolute Gasteiger partial charge is 0.227 e. The molecule has 0 radical (unpaired) electrons. The van der Waals surface area contributed by atoms with Crippen LogP contribution in [0.3, 0.4) is 0 Å². The van der Waals surface area contributed by atoms with E-state index in [2.05, 4.69) is 35.2 Å². The lowest BCUT2D eigenvalue weighted by Gasteiger charge is -2.23. The van der Waals surface area contributed by atoms with E-state index >= 15 is 0 Å². The number of amides is 2. The molecule has 0 spiro atoms. The molecule has 6 nitrogen and oxygen atoms in total. The fourth-order valence-corrected chi connectivity index (χ4v) is 4.58. The molecule has 3 heterocycles. The zero-order chi connectivity index (χ0) is 21.8. The second kappa shape index (κ2) is 9.39. The number of para-hydroxylation sites is 1. The topological polar surface area (TPSA) is 75.2 Å². The Kier molecular flexibility index (Phi) is 6.42. The van der Waals surface area contributed by atoms with Gasteiger partial charge in [0.1, 0.15) is 5.01 Å². The van der Waals surface area contributed by atoms with Crippen molar-refractivity contribution >= 4 is 28.8 Å². The standard InChI is InChI=1S/C24H26N4O2S/c1-3-16(2)19-6-4-5-7-21(19)28-14-18(12-23(28)29)24(30)26-13-22-27-20(15-31-22)17-8-10-25-11-9-17/h4-11,15-16,18H,3,12-14H2,1-2H3,(H,26,30). The third-order valence-corrected chi connectivity index (χ3v) is 6.66. The SMILES string of the molecule is CCC(C)c1ccccc1N1CC(C(=O)NCc2nc(-c3ccncc3)cs2)CC1=O. The molecule has 7 heteroatoms. The third kappa shape index (κ3) is 4.66. The zero-order valence-electron chi connectivity index (χ0n) is 17.7. The van der Waals surface area contributed by atoms with Crippen molar-refractivity contribution in [2.75, 3.05) is 11.4 Å². The molecule has 1 aromatic carbocycles. The fourth-order valence-electron chi connectivity index (χ4n) is 3.84. The molecule has 1 aliphatic rings. The number of aromatic nitrogens is 2. The van der Waals surface area contributed by atoms with E-state index < -0.39 is 0 Å². The van der Waals surface area contributed by atoms with Crippen molar-refractivity contribution in [3.05, 3.63) is 64.7 Å². The van der Waals surface area contributed by atoms with Gasteiger partial charge in [-0.05, 0) is 36.1 Å². The third-order valence-electron chi connectivity index (χ3n) is 5.81. The van der Waals surface area contributed by atoms with Crippen LogP contribution in [0.15, 0.2) is 54.2 Å². The Morgan fingerprint density at radius 3 is 2.81 bits per heavy atom. The molecule has 4 rings (SSSR count). The monoisotopic (exact) mass is 434 g/mol. The van der Waals surface area contributed by atoms with Gasteiger partial charge in [0.05, 0.1) is 18.2 Å². The predicted molar refractivity (Wildman–Crippen MR) is 123 cm³/mol. The van der Waals surface area contributed by atoms with Gasteiger partial charge in [0.25, 0.3) is 0 Å². The first-order valence-electron chi connectivity index (χ1n) is 10.6. The summed E-state index contributed by atoms with van der Waals surface area (Å²) in [6, 6.07) is 11.8. The number of thiazole rings is 1. The van der Waals surface area contributed by atoms with Gasteiger partial charge in [0.2, 0.25) is 11.8 Å². The van der Waals surface area contributed by atoms with Crippen molar-refractivity contribution in [2.24, 2.45) is 5.92 Å². The Labute approximate surface area is 186 Å². The van der Waals surface area contributed by atoms with Crippen molar-refractivity contribution in [3.8, 4) is 11.3 Å². The highest BCUT2D eigenvalue weighted by atomic mass is 32.1. The molecule has 31 heavy (non-hydrogen) atoms. The molecule has 2 aromatic heterocycles. The first-order chi connectivity index (χ1) is 15.1. The molecule has 3 aromatic rings. The summed E-state index contributed by atoms with van der Waals surface area (Å²) in [7, 11) is 0. The van der Waals surface area contributed by atoms with E-state index in [0.29, 0.717) is 19.0 Å². The molecule has 1 fully saturated rings. The number of carbonyl (C=O) groups is 2. The van der Waals surface area contributed by atoms with Crippen molar-refractivity contribution in [1.82, 2.24) is 15.3 Å². The van der Waals surface area contributed by atoms with E-state index in [1.807, 2.05) is 35.7 Å². The van der Waals surface area contributed by atoms with Crippen LogP contribution in [0.4, 0.5) is 5.69 Å². The lowest BCUT2D eigenvalue weighted by atomic mass is 9.96. The Morgan fingerprint density at radius 2 is 2.03 bits per heavy atom. The minimum atomic E-state index is -0.350. The van der Waals surface area contributed by atoms with Crippen molar-refractivity contribution in [2.45, 2.75) is 39.2 Å². The number of anilines is 1. The maximum Gasteiger partial charge on any atom is 0.227 e. The van der Waals surface area contributed by atoms with Crippen LogP contribution in [0.1, 0.15) is 43.2 Å². The van der Waals surface area contributed by atoms with Gasteiger partial charge < -0.3 is 10.2 Å². The minimum absolute atomic E-state index is 0.00475. The van der Waals surface area contributed by atoms with E-state index in [-0.39, 0.29) is 24.2 Å². The van der Waals surface area contributed by atoms with Crippen LogP contribution in [0.25, 0.3) is 11.3 Å². The van der Waals surface area contributed by atoms with Crippen LogP contribution in [0.2, 0.25) is 0 Å². The normalized spacial score (nSPS) is 17.0. The summed E-state index contributed by atoms with van der Waals surface area (Å²) in [6.45, 7) is 5.08. The Morgan fingerprint density at radius 1 is 1.26 bits per heavy atom. The van der Waals surface area contributed by atoms with Crippen LogP contribution in [0.5, 0.6) is 0 Å². The van der Waals surface area contributed by atoms with Gasteiger partial charge in [-0.15, -0.1) is 11.3 Å². The van der Waals surface area contributed by atoms with E-state index in [1.165, 1.54) is 11.3 Å². The van der Waals surface area contributed by atoms with Crippen LogP contribution >= 0.6 is 11.3 Å². The van der Waals surface area contributed by atoms with Gasteiger partial charge in [-0.1, -0.05) is 32.0 Å². The van der Waals surface area contributed by atoms with E-state index in [9.17, 15) is 9.59 Å². The lowest BCUT2D eigenvalue weighted by molar-refractivity contribution is -0.126. The molecule has 1 aliphatic heterocycles. The van der Waals surface area contributed by atoms with Gasteiger partial charge in [0, 0.05) is 42.0 Å². The van der Waals surface area contributed by atoms with Gasteiger partial charge in [0.15, 0.2) is 0 Å². The molecule has 2 amide bonds. The van der Waals surface area contributed by atoms with Crippen molar-refractivity contribution in [3.63, 3.8) is 0 Å². The number of hydrogen-bond donors (Lipinski definition) is 1. The number of rotatable bonds is 7.